The first kappa shape index (κ1) is 14.6. The number of rotatable bonds is 4. The van der Waals surface area contributed by atoms with Crippen molar-refractivity contribution in [2.75, 3.05) is 25.0 Å². The van der Waals surface area contributed by atoms with Crippen molar-refractivity contribution >= 4 is 5.95 Å². The molecular formula is C15H19F2N5O. The molecule has 1 aromatic rings. The molecule has 2 bridgehead atoms. The van der Waals surface area contributed by atoms with Crippen LogP contribution >= 0.6 is 0 Å². The van der Waals surface area contributed by atoms with Gasteiger partial charge in [-0.2, -0.15) is 8.78 Å². The lowest BCUT2D eigenvalue weighted by molar-refractivity contribution is -0.0503. The molecule has 4 aliphatic heterocycles. The first-order chi connectivity index (χ1) is 11.1. The summed E-state index contributed by atoms with van der Waals surface area (Å²) in [6.45, 7) is 0.603. The van der Waals surface area contributed by atoms with Crippen molar-refractivity contribution in [3.05, 3.63) is 24.3 Å². The smallest absolute Gasteiger partial charge is 0.387 e. The normalized spacial score (nSPS) is 32.0. The summed E-state index contributed by atoms with van der Waals surface area (Å²) in [7, 11) is 0. The summed E-state index contributed by atoms with van der Waals surface area (Å²) in [6.07, 6.45) is 8.08. The van der Waals surface area contributed by atoms with Gasteiger partial charge in [-0.1, -0.05) is 0 Å². The first-order valence-corrected chi connectivity index (χ1v) is 7.88. The van der Waals surface area contributed by atoms with E-state index in [1.54, 1.807) is 0 Å². The SMILES string of the molecule is FC(F)Oc1cnc(NC2=CC[C@@]3(CN4CCC3CC4)N2)nc1. The van der Waals surface area contributed by atoms with Gasteiger partial charge >= 0.3 is 6.61 Å². The molecule has 0 unspecified atom stereocenters. The highest BCUT2D eigenvalue weighted by molar-refractivity contribution is 5.38. The van der Waals surface area contributed by atoms with E-state index in [4.69, 9.17) is 0 Å². The number of aromatic nitrogens is 2. The topological polar surface area (TPSA) is 62.3 Å². The minimum atomic E-state index is -2.87. The van der Waals surface area contributed by atoms with Crippen molar-refractivity contribution in [3.63, 3.8) is 0 Å². The molecule has 1 spiro atoms. The van der Waals surface area contributed by atoms with Crippen LogP contribution in [0.5, 0.6) is 5.75 Å². The molecule has 5 heterocycles. The number of halogens is 2. The van der Waals surface area contributed by atoms with E-state index < -0.39 is 6.61 Å². The number of anilines is 1. The third-order valence-corrected chi connectivity index (χ3v) is 5.03. The van der Waals surface area contributed by atoms with Crippen LogP contribution < -0.4 is 15.4 Å². The Labute approximate surface area is 132 Å². The van der Waals surface area contributed by atoms with Gasteiger partial charge in [-0.25, -0.2) is 9.97 Å². The van der Waals surface area contributed by atoms with Gasteiger partial charge in [0.25, 0.3) is 0 Å². The molecule has 8 heteroatoms. The van der Waals surface area contributed by atoms with Crippen molar-refractivity contribution in [1.82, 2.24) is 20.2 Å². The first-order valence-electron chi connectivity index (χ1n) is 7.88. The van der Waals surface area contributed by atoms with Crippen LogP contribution in [0.15, 0.2) is 24.3 Å². The Bertz CT molecular complexity index is 600. The number of ether oxygens (including phenoxy) is 1. The van der Waals surface area contributed by atoms with Gasteiger partial charge in [0.15, 0.2) is 5.75 Å². The van der Waals surface area contributed by atoms with E-state index in [-0.39, 0.29) is 11.3 Å². The lowest BCUT2D eigenvalue weighted by Gasteiger charge is -2.52. The Morgan fingerprint density at radius 1 is 1.30 bits per heavy atom. The maximum absolute atomic E-state index is 12.1. The van der Waals surface area contributed by atoms with Crippen LogP contribution in [0, 0.1) is 5.92 Å². The van der Waals surface area contributed by atoms with E-state index >= 15 is 0 Å². The molecule has 0 aromatic carbocycles. The van der Waals surface area contributed by atoms with Crippen LogP contribution in [0.1, 0.15) is 19.3 Å². The molecular weight excluding hydrogens is 304 g/mol. The molecule has 0 aliphatic carbocycles. The Hall–Kier alpha value is -1.96. The van der Waals surface area contributed by atoms with Crippen LogP contribution in [-0.2, 0) is 0 Å². The number of piperidine rings is 3. The number of nitrogens with zero attached hydrogens (tertiary/aromatic N) is 3. The van der Waals surface area contributed by atoms with E-state index in [1.165, 1.54) is 38.3 Å². The van der Waals surface area contributed by atoms with Crippen LogP contribution in [0.4, 0.5) is 14.7 Å². The monoisotopic (exact) mass is 323 g/mol. The highest BCUT2D eigenvalue weighted by atomic mass is 19.3. The van der Waals surface area contributed by atoms with Gasteiger partial charge in [-0.05, 0) is 44.3 Å². The van der Waals surface area contributed by atoms with Crippen molar-refractivity contribution in [2.45, 2.75) is 31.4 Å². The van der Waals surface area contributed by atoms with Crippen LogP contribution in [0.2, 0.25) is 0 Å². The molecule has 4 aliphatic rings. The van der Waals surface area contributed by atoms with Gasteiger partial charge in [0.2, 0.25) is 5.95 Å². The number of nitrogens with one attached hydrogen (secondary N) is 2. The van der Waals surface area contributed by atoms with E-state index in [2.05, 4.69) is 36.3 Å². The minimum absolute atomic E-state index is 0.0484. The second-order valence-corrected chi connectivity index (χ2v) is 6.40. The van der Waals surface area contributed by atoms with Gasteiger partial charge in [0.1, 0.15) is 5.82 Å². The van der Waals surface area contributed by atoms with E-state index in [0.29, 0.717) is 11.9 Å². The maximum atomic E-state index is 12.1. The summed E-state index contributed by atoms with van der Waals surface area (Å²) >= 11 is 0. The zero-order valence-corrected chi connectivity index (χ0v) is 12.6. The van der Waals surface area contributed by atoms with Crippen LogP contribution in [0.3, 0.4) is 0 Å². The van der Waals surface area contributed by atoms with Gasteiger partial charge in [-0.3, -0.25) is 0 Å². The van der Waals surface area contributed by atoms with Crippen molar-refractivity contribution < 1.29 is 13.5 Å². The fraction of sp³-hybridized carbons (Fsp3) is 0.600. The van der Waals surface area contributed by atoms with E-state index in [0.717, 1.165) is 18.8 Å². The summed E-state index contributed by atoms with van der Waals surface area (Å²) in [5.74, 6) is 1.91. The van der Waals surface area contributed by atoms with Crippen LogP contribution in [-0.4, -0.2) is 46.7 Å². The number of alkyl halides is 2. The molecule has 1 aromatic heterocycles. The third kappa shape index (κ3) is 2.83. The van der Waals surface area contributed by atoms with Crippen molar-refractivity contribution in [2.24, 2.45) is 5.92 Å². The summed E-state index contributed by atoms with van der Waals surface area (Å²) in [5, 5.41) is 6.73. The van der Waals surface area contributed by atoms with Crippen molar-refractivity contribution in [3.8, 4) is 5.75 Å². The van der Waals surface area contributed by atoms with Crippen LogP contribution in [0.25, 0.3) is 0 Å². The molecule has 2 N–H and O–H groups in total. The Kier molecular flexibility index (Phi) is 3.56. The van der Waals surface area contributed by atoms with Gasteiger partial charge in [0, 0.05) is 6.54 Å². The third-order valence-electron chi connectivity index (χ3n) is 5.03. The zero-order chi connectivity index (χ0) is 15.9. The summed E-state index contributed by atoms with van der Waals surface area (Å²) in [6, 6.07) is 0. The number of fused-ring (bicyclic) bond motifs is 2. The molecule has 0 amide bonds. The van der Waals surface area contributed by atoms with E-state index in [1.807, 2.05) is 0 Å². The molecule has 3 fully saturated rings. The molecule has 6 nitrogen and oxygen atoms in total. The van der Waals surface area contributed by atoms with Crippen molar-refractivity contribution in [1.29, 1.82) is 0 Å². The molecule has 0 saturated carbocycles. The summed E-state index contributed by atoms with van der Waals surface area (Å²) in [5.41, 5.74) is 0.123. The Morgan fingerprint density at radius 3 is 2.65 bits per heavy atom. The molecule has 23 heavy (non-hydrogen) atoms. The Morgan fingerprint density at radius 2 is 2.04 bits per heavy atom. The lowest BCUT2D eigenvalue weighted by Crippen LogP contribution is -2.64. The molecule has 124 valence electrons. The minimum Gasteiger partial charge on any atom is -0.432 e. The molecule has 0 radical (unpaired) electrons. The summed E-state index contributed by atoms with van der Waals surface area (Å²) < 4.78 is 28.5. The fourth-order valence-electron chi connectivity index (χ4n) is 3.95. The Balaban J connectivity index is 1.39. The zero-order valence-electron chi connectivity index (χ0n) is 12.6. The maximum Gasteiger partial charge on any atom is 0.387 e. The van der Waals surface area contributed by atoms with E-state index in [9.17, 15) is 8.78 Å². The quantitative estimate of drug-likeness (QED) is 0.881. The summed E-state index contributed by atoms with van der Waals surface area (Å²) in [4.78, 5) is 10.5. The second kappa shape index (κ2) is 5.59. The van der Waals surface area contributed by atoms with Gasteiger partial charge in [-0.15, -0.1) is 0 Å². The lowest BCUT2D eigenvalue weighted by atomic mass is 9.72. The predicted molar refractivity (Wildman–Crippen MR) is 80.0 cm³/mol. The molecule has 5 rings (SSSR count). The van der Waals surface area contributed by atoms with Gasteiger partial charge < -0.3 is 20.3 Å². The number of hydrogen-bond acceptors (Lipinski definition) is 6. The number of hydrogen-bond donors (Lipinski definition) is 2. The standard InChI is InChI=1S/C15H19F2N5O/c16-13(17)23-11-7-18-14(19-8-11)20-12-1-4-15(21-12)9-22-5-2-10(15)3-6-22/h1,7-8,10,13,21H,2-6,9H2,(H,18,19,20)/t15-/m0/s1. The highest BCUT2D eigenvalue weighted by Crippen LogP contribution is 2.41. The highest BCUT2D eigenvalue weighted by Gasteiger charge is 2.48. The average Bonchev–Trinajstić information content (AvgIpc) is 2.92. The average molecular weight is 323 g/mol. The second-order valence-electron chi connectivity index (χ2n) is 6.40. The largest absolute Gasteiger partial charge is 0.432 e. The van der Waals surface area contributed by atoms with Gasteiger partial charge in [0.05, 0.1) is 17.9 Å². The predicted octanol–water partition coefficient (Wildman–Crippen LogP) is 1.79. The fourth-order valence-corrected chi connectivity index (χ4v) is 3.95. The molecule has 1 atom stereocenters. The molecule has 3 saturated heterocycles.